The number of fused-ring (bicyclic) bond motifs is 4. The smallest absolute Gasteiger partial charge is 0.329 e. The summed E-state index contributed by atoms with van der Waals surface area (Å²) >= 11 is 0. The van der Waals surface area contributed by atoms with Gasteiger partial charge in [-0.2, -0.15) is 0 Å². The molecule has 0 bridgehead atoms. The van der Waals surface area contributed by atoms with Crippen molar-refractivity contribution in [2.45, 2.75) is 38.3 Å². The average Bonchev–Trinajstić information content (AvgIpc) is 3.36. The first-order valence-corrected chi connectivity index (χ1v) is 12.0. The van der Waals surface area contributed by atoms with Crippen LogP contribution >= 0.6 is 0 Å². The van der Waals surface area contributed by atoms with Gasteiger partial charge in [-0.15, -0.1) is 0 Å². The van der Waals surface area contributed by atoms with Gasteiger partial charge in [-0.05, 0) is 43.5 Å². The Bertz CT molecular complexity index is 1680. The van der Waals surface area contributed by atoms with Crippen LogP contribution in [0, 0.1) is 0 Å². The number of amides is 1. The molecule has 36 heavy (non-hydrogen) atoms. The Morgan fingerprint density at radius 1 is 1.17 bits per heavy atom. The highest BCUT2D eigenvalue weighted by Gasteiger charge is 2.28. The highest BCUT2D eigenvalue weighted by atomic mass is 16.3. The van der Waals surface area contributed by atoms with E-state index in [0.29, 0.717) is 48.2 Å². The number of pyridine rings is 3. The average molecular weight is 485 g/mol. The number of carbonyl (C=O) groups excluding carboxylic acids is 1. The van der Waals surface area contributed by atoms with Gasteiger partial charge in [0, 0.05) is 43.5 Å². The van der Waals surface area contributed by atoms with Crippen molar-refractivity contribution < 1.29 is 9.90 Å². The third-order valence-corrected chi connectivity index (χ3v) is 7.02. The van der Waals surface area contributed by atoms with Gasteiger partial charge in [0.15, 0.2) is 0 Å². The second-order valence-corrected chi connectivity index (χ2v) is 9.31. The number of hydrogen-bond donors (Lipinski definition) is 2. The monoisotopic (exact) mass is 484 g/mol. The first kappa shape index (κ1) is 22.3. The summed E-state index contributed by atoms with van der Waals surface area (Å²) in [5.74, 6) is -0.328. The molecule has 0 spiro atoms. The Balaban J connectivity index is 1.50. The lowest BCUT2D eigenvalue weighted by Gasteiger charge is -2.34. The molecule has 0 saturated carbocycles. The zero-order valence-electron chi connectivity index (χ0n) is 19.6. The SMILES string of the molecule is C[C@@H](O)C(=O)N1CCC(n2c(=O)[nH]c(=O)c3cnc4ccc(-c5cnc6c(c5)C=CC6)nc4c32)CC1. The number of rotatable bonds is 3. The fourth-order valence-electron chi connectivity index (χ4n) is 5.17. The van der Waals surface area contributed by atoms with E-state index >= 15 is 0 Å². The van der Waals surface area contributed by atoms with E-state index in [1.165, 1.54) is 13.1 Å². The van der Waals surface area contributed by atoms with Crippen molar-refractivity contribution in [2.75, 3.05) is 13.1 Å². The zero-order valence-corrected chi connectivity index (χ0v) is 19.6. The van der Waals surface area contributed by atoms with E-state index in [0.717, 1.165) is 23.2 Å². The van der Waals surface area contributed by atoms with E-state index in [1.807, 2.05) is 24.3 Å². The van der Waals surface area contributed by atoms with Gasteiger partial charge in [0.25, 0.3) is 11.5 Å². The van der Waals surface area contributed by atoms with Crippen molar-refractivity contribution >= 4 is 33.9 Å². The van der Waals surface area contributed by atoms with Gasteiger partial charge in [-0.1, -0.05) is 12.2 Å². The highest BCUT2D eigenvalue weighted by Crippen LogP contribution is 2.30. The normalized spacial score (nSPS) is 16.6. The Labute approximate surface area is 205 Å². The summed E-state index contributed by atoms with van der Waals surface area (Å²) in [5, 5.41) is 9.93. The topological polar surface area (TPSA) is 134 Å². The largest absolute Gasteiger partial charge is 0.384 e. The molecule has 10 heteroatoms. The van der Waals surface area contributed by atoms with Crippen LogP contribution in [0.2, 0.25) is 0 Å². The number of likely N-dealkylation sites (tertiary alicyclic amines) is 1. The van der Waals surface area contributed by atoms with Crippen molar-refractivity contribution in [3.05, 3.63) is 68.8 Å². The molecule has 0 aromatic carbocycles. The van der Waals surface area contributed by atoms with Crippen molar-refractivity contribution in [3.63, 3.8) is 0 Å². The lowest BCUT2D eigenvalue weighted by Crippen LogP contribution is -2.45. The van der Waals surface area contributed by atoms with Crippen LogP contribution in [-0.4, -0.2) is 59.6 Å². The van der Waals surface area contributed by atoms with E-state index in [4.69, 9.17) is 4.98 Å². The van der Waals surface area contributed by atoms with Crippen LogP contribution in [0.25, 0.3) is 39.3 Å². The number of aromatic nitrogens is 5. The molecule has 2 N–H and O–H groups in total. The summed E-state index contributed by atoms with van der Waals surface area (Å²) < 4.78 is 1.59. The Morgan fingerprint density at radius 2 is 1.97 bits per heavy atom. The maximum Gasteiger partial charge on any atom is 0.329 e. The lowest BCUT2D eigenvalue weighted by atomic mass is 10.0. The third kappa shape index (κ3) is 3.61. The molecule has 1 amide bonds. The molecule has 5 heterocycles. The molecule has 2 aliphatic rings. The first-order chi connectivity index (χ1) is 17.4. The molecule has 4 aromatic rings. The molecule has 1 fully saturated rings. The number of allylic oxidation sites excluding steroid dienone is 1. The van der Waals surface area contributed by atoms with Gasteiger partial charge >= 0.3 is 5.69 Å². The molecule has 0 radical (unpaired) electrons. The molecule has 1 aliphatic heterocycles. The summed E-state index contributed by atoms with van der Waals surface area (Å²) in [4.78, 5) is 55.9. The van der Waals surface area contributed by atoms with Crippen LogP contribution in [0.3, 0.4) is 0 Å². The molecule has 1 saturated heterocycles. The minimum absolute atomic E-state index is 0.252. The number of piperidine rings is 1. The van der Waals surface area contributed by atoms with Gasteiger partial charge in [0.05, 0.1) is 27.8 Å². The number of nitrogens with zero attached hydrogens (tertiary/aromatic N) is 5. The van der Waals surface area contributed by atoms with E-state index < -0.39 is 17.4 Å². The van der Waals surface area contributed by atoms with Gasteiger partial charge in [0.1, 0.15) is 11.6 Å². The Hall–Kier alpha value is -4.18. The van der Waals surface area contributed by atoms with Gasteiger partial charge in [-0.3, -0.25) is 29.1 Å². The quantitative estimate of drug-likeness (QED) is 0.424. The minimum atomic E-state index is -1.07. The second-order valence-electron chi connectivity index (χ2n) is 9.31. The van der Waals surface area contributed by atoms with Gasteiger partial charge < -0.3 is 10.0 Å². The van der Waals surface area contributed by atoms with Crippen LogP contribution in [0.5, 0.6) is 0 Å². The molecule has 6 rings (SSSR count). The molecule has 1 aliphatic carbocycles. The molecule has 182 valence electrons. The summed E-state index contributed by atoms with van der Waals surface area (Å²) in [6.07, 6.45) is 8.11. The Kier molecular flexibility index (Phi) is 5.26. The summed E-state index contributed by atoms with van der Waals surface area (Å²) in [6.45, 7) is 2.25. The minimum Gasteiger partial charge on any atom is -0.384 e. The standard InChI is InChI=1S/C26H24N6O4/c1-14(33)25(35)31-9-7-17(8-10-31)32-23-18(24(34)30-26(32)36)13-28-21-6-5-20(29-22(21)23)16-11-15-3-2-4-19(15)27-12-16/h2-3,5-6,11-14,17,33H,4,7-10H2,1H3,(H,30,34,36)/t14-/m1/s1. The van der Waals surface area contributed by atoms with Crippen molar-refractivity contribution in [1.29, 1.82) is 0 Å². The fourth-order valence-corrected chi connectivity index (χ4v) is 5.17. The number of hydrogen-bond acceptors (Lipinski definition) is 7. The number of carbonyl (C=O) groups is 1. The number of H-pyrrole nitrogens is 1. The van der Waals surface area contributed by atoms with Gasteiger partial charge in [0.2, 0.25) is 0 Å². The van der Waals surface area contributed by atoms with Crippen LogP contribution < -0.4 is 11.2 Å². The summed E-state index contributed by atoms with van der Waals surface area (Å²) in [6, 6.07) is 5.48. The molecule has 1 atom stereocenters. The predicted molar refractivity (Wildman–Crippen MR) is 134 cm³/mol. The van der Waals surface area contributed by atoms with E-state index in [2.05, 4.69) is 21.0 Å². The number of aliphatic hydroxyl groups is 1. The molecule has 4 aromatic heterocycles. The number of aliphatic hydroxyl groups excluding tert-OH is 1. The molecule has 10 nitrogen and oxygen atoms in total. The van der Waals surface area contributed by atoms with Crippen LogP contribution in [0.1, 0.15) is 37.1 Å². The highest BCUT2D eigenvalue weighted by molar-refractivity contribution is 6.01. The molecule has 0 unspecified atom stereocenters. The van der Waals surface area contributed by atoms with Crippen LogP contribution in [-0.2, 0) is 11.2 Å². The van der Waals surface area contributed by atoms with Crippen LogP contribution in [0.4, 0.5) is 0 Å². The van der Waals surface area contributed by atoms with E-state index in [-0.39, 0.29) is 17.3 Å². The zero-order chi connectivity index (χ0) is 25.0. The Morgan fingerprint density at radius 3 is 2.75 bits per heavy atom. The third-order valence-electron chi connectivity index (χ3n) is 7.02. The number of nitrogens with one attached hydrogen (secondary N) is 1. The van der Waals surface area contributed by atoms with E-state index in [1.54, 1.807) is 15.7 Å². The predicted octanol–water partition coefficient (Wildman–Crippen LogP) is 1.81. The maximum absolute atomic E-state index is 13.1. The van der Waals surface area contributed by atoms with Crippen molar-refractivity contribution in [1.82, 2.24) is 29.4 Å². The fraction of sp³-hybridized carbons (Fsp3) is 0.308. The van der Waals surface area contributed by atoms with E-state index in [9.17, 15) is 19.5 Å². The summed E-state index contributed by atoms with van der Waals surface area (Å²) in [5.41, 5.74) is 4.02. The van der Waals surface area contributed by atoms with Crippen molar-refractivity contribution in [2.24, 2.45) is 0 Å². The second kappa shape index (κ2) is 8.49. The summed E-state index contributed by atoms with van der Waals surface area (Å²) in [7, 11) is 0. The lowest BCUT2D eigenvalue weighted by molar-refractivity contribution is -0.140. The molecular formula is C26H24N6O4. The number of aromatic amines is 1. The van der Waals surface area contributed by atoms with Gasteiger partial charge in [-0.25, -0.2) is 9.78 Å². The molecular weight excluding hydrogens is 460 g/mol. The van der Waals surface area contributed by atoms with Crippen LogP contribution in [0.15, 0.2) is 46.3 Å². The van der Waals surface area contributed by atoms with Crippen molar-refractivity contribution in [3.8, 4) is 11.3 Å². The first-order valence-electron chi connectivity index (χ1n) is 12.0. The maximum atomic E-state index is 13.1.